The van der Waals surface area contributed by atoms with Crippen LogP contribution in [-0.2, 0) is 63.2 Å². The normalized spacial score (nSPS) is 16.3. The summed E-state index contributed by atoms with van der Waals surface area (Å²) in [6.45, 7) is 0.690. The van der Waals surface area contributed by atoms with Crippen LogP contribution in [0.25, 0.3) is 22.3 Å². The fraction of sp³-hybridized carbons (Fsp3) is 0.221. The van der Waals surface area contributed by atoms with Crippen molar-refractivity contribution in [3.05, 3.63) is 299 Å². The summed E-state index contributed by atoms with van der Waals surface area (Å²) in [7, 11) is 6.79. The number of hydrogen-bond acceptors (Lipinski definition) is 20. The number of thioether (sulfide) groups is 3. The van der Waals surface area contributed by atoms with Crippen LogP contribution in [0.2, 0.25) is 0 Å². The van der Waals surface area contributed by atoms with E-state index >= 15 is 0 Å². The molecule has 5 aromatic heterocycles. The molecule has 0 saturated carbocycles. The predicted molar refractivity (Wildman–Crippen MR) is 438 cm³/mol. The number of hydrogen-bond donors (Lipinski definition) is 6. The van der Waals surface area contributed by atoms with Crippen LogP contribution < -0.4 is 30.2 Å². The highest BCUT2D eigenvalue weighted by Crippen LogP contribution is 2.49. The lowest BCUT2D eigenvalue weighted by atomic mass is 9.80. The Morgan fingerprint density at radius 1 is 0.464 bits per heavy atom. The van der Waals surface area contributed by atoms with Gasteiger partial charge in [0.2, 0.25) is 0 Å². The highest BCUT2D eigenvalue weighted by molar-refractivity contribution is 8.01. The molecule has 3 aliphatic carbocycles. The number of methoxy groups -OCH3 is 3. The summed E-state index contributed by atoms with van der Waals surface area (Å²) in [6.07, 6.45) is 6.65. The minimum Gasteiger partial charge on any atom is -0.497 e. The molecule has 0 bridgehead atoms. The van der Waals surface area contributed by atoms with Crippen molar-refractivity contribution in [3.8, 4) is 39.5 Å². The van der Waals surface area contributed by atoms with Gasteiger partial charge in [-0.2, -0.15) is 5.10 Å². The molecule has 5 heterocycles. The maximum atomic E-state index is 15.0. The average Bonchev–Trinajstić information content (AvgIpc) is 1.62. The summed E-state index contributed by atoms with van der Waals surface area (Å²) < 4.78 is 26.4. The summed E-state index contributed by atoms with van der Waals surface area (Å²) in [5.41, 5.74) is 18.6. The number of furan rings is 1. The third-order valence-electron chi connectivity index (χ3n) is 20.6. The third-order valence-corrected chi connectivity index (χ3v) is 28.3. The lowest BCUT2D eigenvalue weighted by Gasteiger charge is -2.25. The Labute approximate surface area is 661 Å². The van der Waals surface area contributed by atoms with E-state index in [-0.39, 0.29) is 55.1 Å². The molecule has 3 atom stereocenters. The monoisotopic (exact) mass is 1570 g/mol. The van der Waals surface area contributed by atoms with Crippen LogP contribution in [0.3, 0.4) is 0 Å². The van der Waals surface area contributed by atoms with Crippen molar-refractivity contribution in [3.63, 3.8) is 0 Å². The number of rotatable bonds is 26. The zero-order chi connectivity index (χ0) is 75.8. The number of amides is 3. The first-order chi connectivity index (χ1) is 53.8. The van der Waals surface area contributed by atoms with Crippen molar-refractivity contribution >= 4 is 104 Å². The molecule has 15 rings (SSSR count). The molecule has 24 heteroatoms. The van der Waals surface area contributed by atoms with Crippen molar-refractivity contribution in [2.24, 2.45) is 22.5 Å². The van der Waals surface area contributed by atoms with E-state index in [4.69, 9.17) is 18.6 Å². The number of benzene rings is 7. The topological polar surface area (TPSA) is 244 Å². The molecule has 0 radical (unpaired) electrons. The van der Waals surface area contributed by atoms with Gasteiger partial charge in [-0.3, -0.25) is 19.1 Å². The van der Waals surface area contributed by atoms with Crippen molar-refractivity contribution in [1.29, 1.82) is 0 Å². The van der Waals surface area contributed by atoms with E-state index < -0.39 is 0 Å². The molecule has 0 saturated heterocycles. The molecular formula is C86H78N8O10S6. The maximum absolute atomic E-state index is 15.0. The first-order valence-electron chi connectivity index (χ1n) is 36.0. The fourth-order valence-electron chi connectivity index (χ4n) is 14.8. The average molecular weight is 1580 g/mol. The predicted octanol–water partition coefficient (Wildman–Crippen LogP) is 18.9. The number of oxime groups is 3. The summed E-state index contributed by atoms with van der Waals surface area (Å²) in [4.78, 5) is 45.5. The van der Waals surface area contributed by atoms with Crippen molar-refractivity contribution in [1.82, 2.24) is 25.7 Å². The van der Waals surface area contributed by atoms with Crippen LogP contribution in [0.1, 0.15) is 150 Å². The van der Waals surface area contributed by atoms with Gasteiger partial charge in [0.1, 0.15) is 23.0 Å². The van der Waals surface area contributed by atoms with E-state index in [2.05, 4.69) is 103 Å². The first kappa shape index (κ1) is 74.8. The Morgan fingerprint density at radius 2 is 0.855 bits per heavy atom. The standard InChI is InChI=1S/C86H78N8O10S6/c1-94-74(46-89-83(97)80-69-39-61(55-28-34-64(103-4)35-29-55)42-73(93-100)77(69)84(110-80)105-47-50-11-6-5-7-12-50)70(45-90-94)57-22-18-52(19-23-57)49-107-85-75-67(37-59(40-71(75)91-98)53-24-30-62(101-2)31-25-53)78(108-85)81(95)87-43-58-13-8-9-15-66(58)56-20-16-51(17-21-56)48-106-86-76-68(79(109-86)82(96)88-44-65-14-10-36-104-65)38-60(41-72(76)92-99)54-26-32-63(102-3)33-27-54/h5-36,45,59-61,98-100H,37-44,46-49H2,1-4H3,(H,87,95)(H,88,96)(H,89,97)/b91-71+,92-72+,93-73+. The Balaban J connectivity index is 0.635. The van der Waals surface area contributed by atoms with Gasteiger partial charge >= 0.3 is 0 Å². The number of aromatic nitrogens is 2. The molecule has 7 aromatic carbocycles. The number of nitrogens with zero attached hydrogens (tertiary/aromatic N) is 5. The second-order valence-corrected chi connectivity index (χ2v) is 33.9. The summed E-state index contributed by atoms with van der Waals surface area (Å²) in [6, 6.07) is 62.4. The van der Waals surface area contributed by atoms with Gasteiger partial charge in [0.25, 0.3) is 17.7 Å². The van der Waals surface area contributed by atoms with Crippen LogP contribution in [-0.4, -0.2) is 81.6 Å². The molecular weight excluding hydrogens is 1500 g/mol. The second kappa shape index (κ2) is 34.1. The second-order valence-electron chi connectivity index (χ2n) is 27.2. The molecule has 0 spiro atoms. The van der Waals surface area contributed by atoms with E-state index in [0.29, 0.717) is 93.3 Å². The van der Waals surface area contributed by atoms with Gasteiger partial charge in [0.05, 0.1) is 97.0 Å². The SMILES string of the molecule is COc1ccc(C2C/C(=N\O)c3c(SCc4ccc(-c5ccccc5CNC(=O)c5sc(SCc6ccc(-c7cnn(C)c7CNC(=O)c7sc(SCc8ccccc8)c8c7CC(c7ccc(OC)cc7)C/C8=N\O)cc6)c6c5CC(c5ccc(OC)cc5)C/C6=N\O)cc4)sc(C(=O)NCc4ccco4)c3C2)cc1. The van der Waals surface area contributed by atoms with Crippen molar-refractivity contribution < 1.29 is 48.6 Å². The molecule has 6 N–H and O–H groups in total. The molecule has 3 unspecified atom stereocenters. The molecule has 3 amide bonds. The van der Waals surface area contributed by atoms with Gasteiger partial charge in [-0.15, -0.1) is 69.3 Å². The quantitative estimate of drug-likeness (QED) is 0.0168. The summed E-state index contributed by atoms with van der Waals surface area (Å²) >= 11 is 9.17. The van der Waals surface area contributed by atoms with Crippen LogP contribution in [0.15, 0.2) is 233 Å². The minimum absolute atomic E-state index is 0.0196. The molecule has 0 fully saturated rings. The number of thiophene rings is 3. The van der Waals surface area contributed by atoms with E-state index in [1.807, 2.05) is 129 Å². The lowest BCUT2D eigenvalue weighted by molar-refractivity contribution is 0.0943. The largest absolute Gasteiger partial charge is 0.497 e. The number of ether oxygens (including phenoxy) is 3. The third kappa shape index (κ3) is 16.2. The smallest absolute Gasteiger partial charge is 0.262 e. The van der Waals surface area contributed by atoms with E-state index in [0.717, 1.165) is 130 Å². The molecule has 18 nitrogen and oxygen atoms in total. The molecule has 3 aliphatic rings. The van der Waals surface area contributed by atoms with Crippen LogP contribution in [0, 0.1) is 0 Å². The van der Waals surface area contributed by atoms with Gasteiger partial charge in [-0.25, -0.2) is 0 Å². The van der Waals surface area contributed by atoms with E-state index in [1.54, 1.807) is 73.6 Å². The Hall–Kier alpha value is -10.6. The summed E-state index contributed by atoms with van der Waals surface area (Å²) in [5.74, 6) is 3.96. The molecule has 12 aromatic rings. The number of carbonyl (C=O) groups excluding carboxylic acids is 3. The van der Waals surface area contributed by atoms with Crippen molar-refractivity contribution in [2.45, 2.75) is 106 Å². The van der Waals surface area contributed by atoms with E-state index in [9.17, 15) is 30.0 Å². The zero-order valence-corrected chi connectivity index (χ0v) is 65.6. The molecule has 110 heavy (non-hydrogen) atoms. The minimum atomic E-state index is -0.221. The van der Waals surface area contributed by atoms with Crippen LogP contribution in [0.5, 0.6) is 17.2 Å². The maximum Gasteiger partial charge on any atom is 0.262 e. The van der Waals surface area contributed by atoms with Gasteiger partial charge in [0, 0.05) is 72.4 Å². The van der Waals surface area contributed by atoms with Crippen LogP contribution >= 0.6 is 69.3 Å². The van der Waals surface area contributed by atoms with Gasteiger partial charge in [0.15, 0.2) is 0 Å². The zero-order valence-electron chi connectivity index (χ0n) is 60.7. The lowest BCUT2D eigenvalue weighted by Crippen LogP contribution is -2.26. The molecule has 558 valence electrons. The van der Waals surface area contributed by atoms with E-state index in [1.165, 1.54) is 34.0 Å². The Bertz CT molecular complexity index is 5400. The number of aryl methyl sites for hydroxylation is 1. The van der Waals surface area contributed by atoms with Gasteiger partial charge in [-0.1, -0.05) is 155 Å². The fourth-order valence-corrected chi connectivity index (χ4v) is 22.4. The first-order valence-corrected chi connectivity index (χ1v) is 41.4. The number of fused-ring (bicyclic) bond motifs is 3. The highest BCUT2D eigenvalue weighted by atomic mass is 32.2. The Kier molecular flexibility index (Phi) is 23.2. The summed E-state index contributed by atoms with van der Waals surface area (Å²) in [5, 5.41) is 58.0. The highest BCUT2D eigenvalue weighted by Gasteiger charge is 2.38. The Morgan fingerprint density at radius 3 is 1.26 bits per heavy atom. The molecule has 0 aliphatic heterocycles. The van der Waals surface area contributed by atoms with Gasteiger partial charge < -0.3 is 50.2 Å². The van der Waals surface area contributed by atoms with Gasteiger partial charge in [-0.05, 0) is 158 Å². The number of nitrogens with one attached hydrogen (secondary N) is 3. The van der Waals surface area contributed by atoms with Crippen molar-refractivity contribution in [2.75, 3.05) is 21.3 Å². The van der Waals surface area contributed by atoms with Crippen LogP contribution in [0.4, 0.5) is 0 Å². The number of carbonyl (C=O) groups is 3.